The van der Waals surface area contributed by atoms with Crippen molar-refractivity contribution in [3.63, 3.8) is 0 Å². The van der Waals surface area contributed by atoms with Gasteiger partial charge in [-0.15, -0.1) is 0 Å². The molecular formula is C8H11N2O3S. The first-order chi connectivity index (χ1) is 6.54. The average molecular weight is 215 g/mol. The first kappa shape index (κ1) is 11.0. The molecule has 3 N–H and O–H groups in total. The van der Waals surface area contributed by atoms with Gasteiger partial charge in [0.05, 0.1) is 11.5 Å². The summed E-state index contributed by atoms with van der Waals surface area (Å²) in [6.07, 6.45) is 0. The molecular weight excluding hydrogens is 204 g/mol. The van der Waals surface area contributed by atoms with E-state index in [9.17, 15) is 13.5 Å². The lowest BCUT2D eigenvalue weighted by atomic mass is 10.3. The molecule has 1 aromatic rings. The molecule has 0 fully saturated rings. The summed E-state index contributed by atoms with van der Waals surface area (Å²) in [7, 11) is -3.63. The Labute approximate surface area is 82.6 Å². The number of rotatable bonds is 4. The van der Waals surface area contributed by atoms with Gasteiger partial charge in [-0.05, 0) is 24.3 Å². The van der Waals surface area contributed by atoms with Crippen LogP contribution in [-0.4, -0.2) is 21.6 Å². The normalized spacial score (nSPS) is 11.3. The summed E-state index contributed by atoms with van der Waals surface area (Å²) in [5, 5.41) is 17.9. The lowest BCUT2D eigenvalue weighted by Crippen LogP contribution is -2.12. The van der Waals surface area contributed by atoms with Crippen molar-refractivity contribution in [1.82, 2.24) is 0 Å². The molecule has 0 amide bonds. The molecule has 6 heteroatoms. The molecule has 5 nitrogen and oxygen atoms in total. The maximum Gasteiger partial charge on any atom is 0.238 e. The highest BCUT2D eigenvalue weighted by Gasteiger charge is 2.05. The van der Waals surface area contributed by atoms with Gasteiger partial charge in [-0.3, -0.25) is 0 Å². The number of nitrogens with two attached hydrogens (primary N) is 1. The first-order valence-corrected chi connectivity index (χ1v) is 5.53. The van der Waals surface area contributed by atoms with Gasteiger partial charge >= 0.3 is 0 Å². The summed E-state index contributed by atoms with van der Waals surface area (Å²) >= 11 is 0. The summed E-state index contributed by atoms with van der Waals surface area (Å²) in [5.74, 6) is 0. The molecule has 0 aromatic heterocycles. The number of sulfonamides is 1. The van der Waals surface area contributed by atoms with Crippen LogP contribution in [0.5, 0.6) is 0 Å². The smallest absolute Gasteiger partial charge is 0.238 e. The summed E-state index contributed by atoms with van der Waals surface area (Å²) in [6, 6.07) is 5.91. The van der Waals surface area contributed by atoms with Gasteiger partial charge in [0.2, 0.25) is 10.0 Å². The number of hydrogen-bond donors (Lipinski definition) is 2. The molecule has 0 aliphatic heterocycles. The summed E-state index contributed by atoms with van der Waals surface area (Å²) in [6.45, 7) is 0.0889. The van der Waals surface area contributed by atoms with E-state index in [-0.39, 0.29) is 11.5 Å². The molecule has 0 aliphatic rings. The lowest BCUT2D eigenvalue weighted by molar-refractivity contribution is 0.206. The molecule has 0 spiro atoms. The van der Waals surface area contributed by atoms with E-state index in [2.05, 4.69) is 5.32 Å². The second-order valence-corrected chi connectivity index (χ2v) is 4.26. The van der Waals surface area contributed by atoms with Gasteiger partial charge in [-0.2, -0.15) is 0 Å². The molecule has 77 valence electrons. The zero-order valence-corrected chi connectivity index (χ0v) is 8.25. The zero-order chi connectivity index (χ0) is 10.6. The van der Waals surface area contributed by atoms with E-state index in [1.807, 2.05) is 0 Å². The maximum atomic E-state index is 10.9. The molecule has 1 rings (SSSR count). The molecule has 0 bridgehead atoms. The van der Waals surface area contributed by atoms with Gasteiger partial charge in [0.25, 0.3) is 0 Å². The molecule has 0 unspecified atom stereocenters. The molecule has 0 saturated heterocycles. The number of anilines is 1. The quantitative estimate of drug-likeness (QED) is 0.750. The van der Waals surface area contributed by atoms with Crippen molar-refractivity contribution in [2.24, 2.45) is 5.14 Å². The van der Waals surface area contributed by atoms with Crippen LogP contribution in [-0.2, 0) is 15.1 Å². The molecule has 0 heterocycles. The maximum absolute atomic E-state index is 10.9. The third kappa shape index (κ3) is 2.99. The highest BCUT2D eigenvalue weighted by atomic mass is 32.2. The highest BCUT2D eigenvalue weighted by molar-refractivity contribution is 7.89. The van der Waals surface area contributed by atoms with Crippen molar-refractivity contribution in [3.8, 4) is 0 Å². The number of benzene rings is 1. The average Bonchev–Trinajstić information content (AvgIpc) is 2.14. The van der Waals surface area contributed by atoms with Crippen LogP contribution in [0.15, 0.2) is 29.2 Å². The second-order valence-electron chi connectivity index (χ2n) is 2.70. The monoisotopic (exact) mass is 215 g/mol. The molecule has 14 heavy (non-hydrogen) atoms. The Morgan fingerprint density at radius 1 is 1.21 bits per heavy atom. The SMILES string of the molecule is NS(=O)(=O)c1ccc(NCC[O])cc1. The van der Waals surface area contributed by atoms with Crippen molar-refractivity contribution < 1.29 is 13.5 Å². The van der Waals surface area contributed by atoms with Crippen molar-refractivity contribution in [3.05, 3.63) is 24.3 Å². The fourth-order valence-corrected chi connectivity index (χ4v) is 1.47. The standard InChI is InChI=1S/C8H11N2O3S/c9-14(12,13)8-3-1-7(2-4-8)10-5-6-11/h1-4,10H,5-6H2,(H2,9,12,13). The van der Waals surface area contributed by atoms with Crippen LogP contribution in [0.4, 0.5) is 5.69 Å². The van der Waals surface area contributed by atoms with E-state index in [1.54, 1.807) is 12.1 Å². The van der Waals surface area contributed by atoms with Crippen LogP contribution in [0.25, 0.3) is 0 Å². The zero-order valence-electron chi connectivity index (χ0n) is 7.43. The second kappa shape index (κ2) is 4.41. The largest absolute Gasteiger partial charge is 0.383 e. The van der Waals surface area contributed by atoms with Crippen LogP contribution >= 0.6 is 0 Å². The predicted molar refractivity (Wildman–Crippen MR) is 51.9 cm³/mol. The van der Waals surface area contributed by atoms with E-state index in [4.69, 9.17) is 5.14 Å². The van der Waals surface area contributed by atoms with E-state index in [0.717, 1.165) is 0 Å². The summed E-state index contributed by atoms with van der Waals surface area (Å²) < 4.78 is 21.7. The Kier molecular flexibility index (Phi) is 3.45. The van der Waals surface area contributed by atoms with Gasteiger partial charge in [0.1, 0.15) is 0 Å². The minimum absolute atomic E-state index is 0.0603. The number of nitrogens with one attached hydrogen (secondary N) is 1. The fraction of sp³-hybridized carbons (Fsp3) is 0.250. The molecule has 1 aromatic carbocycles. The fourth-order valence-electron chi connectivity index (χ4n) is 0.958. The van der Waals surface area contributed by atoms with Crippen molar-refractivity contribution in [1.29, 1.82) is 0 Å². The van der Waals surface area contributed by atoms with Gasteiger partial charge in [-0.1, -0.05) is 0 Å². The Bertz CT molecular complexity index is 386. The van der Waals surface area contributed by atoms with Crippen molar-refractivity contribution in [2.45, 2.75) is 4.90 Å². The van der Waals surface area contributed by atoms with Crippen LogP contribution in [0.2, 0.25) is 0 Å². The Balaban J connectivity index is 2.79. The Morgan fingerprint density at radius 3 is 2.21 bits per heavy atom. The van der Waals surface area contributed by atoms with Crippen LogP contribution in [0.1, 0.15) is 0 Å². The van der Waals surface area contributed by atoms with E-state index >= 15 is 0 Å². The lowest BCUT2D eigenvalue weighted by Gasteiger charge is -2.04. The van der Waals surface area contributed by atoms with Crippen LogP contribution in [0.3, 0.4) is 0 Å². The minimum atomic E-state index is -3.63. The van der Waals surface area contributed by atoms with Gasteiger partial charge in [0.15, 0.2) is 0 Å². The third-order valence-electron chi connectivity index (χ3n) is 1.61. The van der Waals surface area contributed by atoms with E-state index in [1.165, 1.54) is 12.1 Å². The van der Waals surface area contributed by atoms with E-state index < -0.39 is 10.0 Å². The number of hydrogen-bond acceptors (Lipinski definition) is 3. The Morgan fingerprint density at radius 2 is 1.79 bits per heavy atom. The number of primary sulfonamides is 1. The molecule has 0 saturated carbocycles. The first-order valence-electron chi connectivity index (χ1n) is 3.99. The topological polar surface area (TPSA) is 92.1 Å². The van der Waals surface area contributed by atoms with Crippen LogP contribution in [0, 0.1) is 0 Å². The molecule has 0 aliphatic carbocycles. The highest BCUT2D eigenvalue weighted by Crippen LogP contribution is 2.11. The minimum Gasteiger partial charge on any atom is -0.383 e. The molecule has 0 atom stereocenters. The van der Waals surface area contributed by atoms with Gasteiger partial charge in [0, 0.05) is 12.2 Å². The summed E-state index contributed by atoms with van der Waals surface area (Å²) in [5.41, 5.74) is 0.702. The predicted octanol–water partition coefficient (Wildman–Crippen LogP) is 0.176. The van der Waals surface area contributed by atoms with E-state index in [0.29, 0.717) is 12.2 Å². The summed E-state index contributed by atoms with van der Waals surface area (Å²) in [4.78, 5) is 0.0603. The van der Waals surface area contributed by atoms with Gasteiger partial charge in [-0.25, -0.2) is 18.7 Å². The van der Waals surface area contributed by atoms with Crippen molar-refractivity contribution in [2.75, 3.05) is 18.5 Å². The third-order valence-corrected chi connectivity index (χ3v) is 2.54. The molecule has 1 radical (unpaired) electrons. The van der Waals surface area contributed by atoms with Crippen LogP contribution < -0.4 is 10.5 Å². The van der Waals surface area contributed by atoms with Gasteiger partial charge < -0.3 is 5.32 Å². The Hall–Kier alpha value is -1.11. The van der Waals surface area contributed by atoms with Crippen molar-refractivity contribution >= 4 is 15.7 Å².